The lowest BCUT2D eigenvalue weighted by Gasteiger charge is -2.27. The van der Waals surface area contributed by atoms with E-state index in [-0.39, 0.29) is 31.7 Å². The number of esters is 1. The molecule has 0 amide bonds. The standard InChI is InChI=1S/C8H11F3O2.C4H6O2/c9-8(10,11)6-3-1-5(2-4-6)7(12)13;1-3-6-4(2)5/h5-6H,1-4H2,(H,12,13);3H,1H2,2H3. The van der Waals surface area contributed by atoms with Gasteiger partial charge in [0.15, 0.2) is 0 Å². The van der Waals surface area contributed by atoms with E-state index < -0.39 is 24.0 Å². The van der Waals surface area contributed by atoms with Gasteiger partial charge in [-0.1, -0.05) is 6.58 Å². The summed E-state index contributed by atoms with van der Waals surface area (Å²) < 4.78 is 40.5. The molecule has 7 heteroatoms. The number of ether oxygens (including phenoxy) is 1. The average molecular weight is 282 g/mol. The molecule has 0 aromatic heterocycles. The highest BCUT2D eigenvalue weighted by molar-refractivity contribution is 5.70. The molecule has 0 aromatic carbocycles. The Morgan fingerprint density at radius 2 is 1.74 bits per heavy atom. The van der Waals surface area contributed by atoms with Gasteiger partial charge in [0.2, 0.25) is 0 Å². The summed E-state index contributed by atoms with van der Waals surface area (Å²) in [5, 5.41) is 8.55. The molecule has 1 saturated carbocycles. The summed E-state index contributed by atoms with van der Waals surface area (Å²) in [6, 6.07) is 0. The number of rotatable bonds is 2. The smallest absolute Gasteiger partial charge is 0.391 e. The second kappa shape index (κ2) is 7.81. The molecule has 0 saturated heterocycles. The number of hydrogen-bond donors (Lipinski definition) is 1. The highest BCUT2D eigenvalue weighted by atomic mass is 19.4. The Hall–Kier alpha value is -1.53. The first kappa shape index (κ1) is 17.5. The molecule has 0 heterocycles. The van der Waals surface area contributed by atoms with Gasteiger partial charge in [-0.25, -0.2) is 0 Å². The average Bonchev–Trinajstić information content (AvgIpc) is 2.28. The van der Waals surface area contributed by atoms with Crippen molar-refractivity contribution >= 4 is 11.9 Å². The summed E-state index contributed by atoms with van der Waals surface area (Å²) in [6.45, 7) is 4.48. The second-order valence-corrected chi connectivity index (χ2v) is 4.20. The molecule has 19 heavy (non-hydrogen) atoms. The first-order valence-electron chi connectivity index (χ1n) is 5.76. The molecule has 1 aliphatic carbocycles. The molecule has 1 fully saturated rings. The third-order valence-electron chi connectivity index (χ3n) is 2.79. The maximum absolute atomic E-state index is 12.1. The Morgan fingerprint density at radius 3 is 1.95 bits per heavy atom. The summed E-state index contributed by atoms with van der Waals surface area (Å²) in [4.78, 5) is 20.2. The summed E-state index contributed by atoms with van der Waals surface area (Å²) in [6.07, 6.45) is -2.83. The zero-order valence-corrected chi connectivity index (χ0v) is 10.6. The molecule has 0 bridgehead atoms. The molecular weight excluding hydrogens is 265 g/mol. The van der Waals surface area contributed by atoms with Crippen LogP contribution >= 0.6 is 0 Å². The minimum Gasteiger partial charge on any atom is -0.481 e. The summed E-state index contributed by atoms with van der Waals surface area (Å²) >= 11 is 0. The van der Waals surface area contributed by atoms with Gasteiger partial charge in [-0.15, -0.1) is 0 Å². The predicted octanol–water partition coefficient (Wildman–Crippen LogP) is 3.13. The van der Waals surface area contributed by atoms with Crippen LogP contribution in [0.15, 0.2) is 12.8 Å². The number of carboxylic acid groups (broad SMARTS) is 1. The van der Waals surface area contributed by atoms with Crippen LogP contribution in [0.5, 0.6) is 0 Å². The third-order valence-corrected chi connectivity index (χ3v) is 2.79. The lowest BCUT2D eigenvalue weighted by atomic mass is 9.82. The van der Waals surface area contributed by atoms with Crippen LogP contribution in [0.3, 0.4) is 0 Å². The summed E-state index contributed by atoms with van der Waals surface area (Å²) in [7, 11) is 0. The lowest BCUT2D eigenvalue weighted by Crippen LogP contribution is -2.30. The third kappa shape index (κ3) is 7.48. The summed E-state index contributed by atoms with van der Waals surface area (Å²) in [5.41, 5.74) is 0. The van der Waals surface area contributed by atoms with Gasteiger partial charge in [0.05, 0.1) is 18.1 Å². The Labute approximate surface area is 109 Å². The fourth-order valence-corrected chi connectivity index (χ4v) is 1.79. The maximum Gasteiger partial charge on any atom is 0.391 e. The van der Waals surface area contributed by atoms with E-state index in [4.69, 9.17) is 5.11 Å². The maximum atomic E-state index is 12.1. The van der Waals surface area contributed by atoms with Crippen molar-refractivity contribution in [3.05, 3.63) is 12.8 Å². The number of carbonyl (C=O) groups excluding carboxylic acids is 1. The van der Waals surface area contributed by atoms with Gasteiger partial charge in [0.25, 0.3) is 0 Å². The predicted molar refractivity (Wildman–Crippen MR) is 61.1 cm³/mol. The minimum absolute atomic E-state index is 0.0412. The zero-order chi connectivity index (χ0) is 15.1. The van der Waals surface area contributed by atoms with Crippen molar-refractivity contribution in [1.29, 1.82) is 0 Å². The van der Waals surface area contributed by atoms with Crippen LogP contribution in [0.2, 0.25) is 0 Å². The van der Waals surface area contributed by atoms with Crippen molar-refractivity contribution < 1.29 is 32.6 Å². The first-order valence-corrected chi connectivity index (χ1v) is 5.76. The van der Waals surface area contributed by atoms with Crippen LogP contribution in [0.25, 0.3) is 0 Å². The largest absolute Gasteiger partial charge is 0.481 e. The van der Waals surface area contributed by atoms with Crippen molar-refractivity contribution in [3.8, 4) is 0 Å². The van der Waals surface area contributed by atoms with Crippen LogP contribution in [-0.2, 0) is 14.3 Å². The van der Waals surface area contributed by atoms with Crippen molar-refractivity contribution in [2.45, 2.75) is 38.8 Å². The van der Waals surface area contributed by atoms with E-state index in [0.29, 0.717) is 0 Å². The number of hydrogen-bond acceptors (Lipinski definition) is 3. The molecule has 0 aliphatic heterocycles. The number of carboxylic acids is 1. The Kier molecular flexibility index (Phi) is 7.18. The van der Waals surface area contributed by atoms with Crippen LogP contribution in [-0.4, -0.2) is 23.2 Å². The monoisotopic (exact) mass is 282 g/mol. The highest BCUT2D eigenvalue weighted by Gasteiger charge is 2.42. The van der Waals surface area contributed by atoms with Crippen LogP contribution < -0.4 is 0 Å². The minimum atomic E-state index is -4.15. The van der Waals surface area contributed by atoms with Gasteiger partial charge in [-0.3, -0.25) is 9.59 Å². The SMILES string of the molecule is C=COC(C)=O.O=C(O)C1CCC(C(F)(F)F)CC1. The topological polar surface area (TPSA) is 63.6 Å². The van der Waals surface area contributed by atoms with Gasteiger partial charge in [-0.2, -0.15) is 13.2 Å². The van der Waals surface area contributed by atoms with Crippen molar-refractivity contribution in [2.24, 2.45) is 11.8 Å². The molecule has 1 rings (SSSR count). The first-order chi connectivity index (χ1) is 8.68. The number of aliphatic carboxylic acids is 1. The second-order valence-electron chi connectivity index (χ2n) is 4.20. The van der Waals surface area contributed by atoms with E-state index in [1.54, 1.807) is 0 Å². The molecule has 4 nitrogen and oxygen atoms in total. The van der Waals surface area contributed by atoms with Crippen molar-refractivity contribution in [1.82, 2.24) is 0 Å². The molecule has 1 aliphatic rings. The van der Waals surface area contributed by atoms with Gasteiger partial charge < -0.3 is 9.84 Å². The highest BCUT2D eigenvalue weighted by Crippen LogP contribution is 2.39. The Morgan fingerprint density at radius 1 is 1.26 bits per heavy atom. The molecule has 110 valence electrons. The van der Waals surface area contributed by atoms with Gasteiger partial charge in [0.1, 0.15) is 0 Å². The van der Waals surface area contributed by atoms with Gasteiger partial charge in [0, 0.05) is 6.92 Å². The number of halogens is 3. The Balaban J connectivity index is 0.000000459. The van der Waals surface area contributed by atoms with Crippen LogP contribution in [0.1, 0.15) is 32.6 Å². The van der Waals surface area contributed by atoms with Crippen molar-refractivity contribution in [2.75, 3.05) is 0 Å². The quantitative estimate of drug-likeness (QED) is 0.624. The van der Waals surface area contributed by atoms with E-state index in [0.717, 1.165) is 6.26 Å². The van der Waals surface area contributed by atoms with E-state index >= 15 is 0 Å². The van der Waals surface area contributed by atoms with E-state index in [9.17, 15) is 22.8 Å². The molecule has 0 aromatic rings. The zero-order valence-electron chi connectivity index (χ0n) is 10.6. The normalized spacial score (nSPS) is 22.7. The molecule has 0 radical (unpaired) electrons. The molecule has 0 unspecified atom stereocenters. The van der Waals surface area contributed by atoms with Gasteiger partial charge in [-0.05, 0) is 25.7 Å². The molecule has 0 atom stereocenters. The van der Waals surface area contributed by atoms with E-state index in [1.165, 1.54) is 6.92 Å². The fraction of sp³-hybridized carbons (Fsp3) is 0.667. The van der Waals surface area contributed by atoms with Crippen molar-refractivity contribution in [3.63, 3.8) is 0 Å². The van der Waals surface area contributed by atoms with Gasteiger partial charge >= 0.3 is 18.1 Å². The van der Waals surface area contributed by atoms with E-state index in [1.807, 2.05) is 0 Å². The lowest BCUT2D eigenvalue weighted by molar-refractivity contribution is -0.186. The molecule has 1 N–H and O–H groups in total. The molecule has 0 spiro atoms. The fourth-order valence-electron chi connectivity index (χ4n) is 1.79. The number of alkyl halides is 3. The Bertz CT molecular complexity index is 317. The van der Waals surface area contributed by atoms with Crippen LogP contribution in [0, 0.1) is 11.8 Å². The summed E-state index contributed by atoms with van der Waals surface area (Å²) in [5.74, 6) is -3.16. The van der Waals surface area contributed by atoms with E-state index in [2.05, 4.69) is 11.3 Å². The molecular formula is C12H17F3O4. The van der Waals surface area contributed by atoms with Crippen LogP contribution in [0.4, 0.5) is 13.2 Å². The number of carbonyl (C=O) groups is 2.